The monoisotopic (exact) mass is 330 g/mol. The van der Waals surface area contributed by atoms with Crippen LogP contribution in [-0.4, -0.2) is 21.0 Å². The van der Waals surface area contributed by atoms with Gasteiger partial charge in [0.25, 0.3) is 0 Å². The zero-order chi connectivity index (χ0) is 15.5. The third-order valence-electron chi connectivity index (χ3n) is 4.09. The van der Waals surface area contributed by atoms with Crippen LogP contribution in [-0.2, 0) is 16.6 Å². The van der Waals surface area contributed by atoms with Gasteiger partial charge in [-0.3, -0.25) is 0 Å². The number of rotatable bonds is 7. The molecule has 0 unspecified atom stereocenters. The Hall–Kier alpha value is -0.430. The smallest absolute Gasteiger partial charge is 0.250 e. The fourth-order valence-corrected chi connectivity index (χ4v) is 5.20. The van der Waals surface area contributed by atoms with Crippen LogP contribution in [0.25, 0.3) is 0 Å². The van der Waals surface area contributed by atoms with E-state index in [1.54, 1.807) is 6.07 Å². The third-order valence-corrected chi connectivity index (χ3v) is 7.06. The van der Waals surface area contributed by atoms with E-state index in [0.29, 0.717) is 16.8 Å². The molecule has 0 amide bonds. The molecule has 1 heterocycles. The highest BCUT2D eigenvalue weighted by atomic mass is 32.2. The molecule has 6 heteroatoms. The predicted molar refractivity (Wildman–Crippen MR) is 88.1 cm³/mol. The largest absolute Gasteiger partial charge is 0.310 e. The van der Waals surface area contributed by atoms with Crippen LogP contribution in [0.1, 0.15) is 51.3 Å². The first kappa shape index (κ1) is 16.9. The minimum atomic E-state index is -3.36. The van der Waals surface area contributed by atoms with Gasteiger partial charge < -0.3 is 5.32 Å². The number of hydrogen-bond acceptors (Lipinski definition) is 4. The van der Waals surface area contributed by atoms with E-state index in [1.807, 2.05) is 6.07 Å². The average Bonchev–Trinajstić information content (AvgIpc) is 3.04. The molecule has 2 N–H and O–H groups in total. The molecule has 1 aliphatic carbocycles. The summed E-state index contributed by atoms with van der Waals surface area (Å²) < 4.78 is 27.9. The topological polar surface area (TPSA) is 58.2 Å². The molecule has 0 radical (unpaired) electrons. The average molecular weight is 331 g/mol. The minimum absolute atomic E-state index is 0.131. The van der Waals surface area contributed by atoms with Crippen molar-refractivity contribution in [2.75, 3.05) is 6.54 Å². The van der Waals surface area contributed by atoms with Gasteiger partial charge in [0.2, 0.25) is 10.0 Å². The third kappa shape index (κ3) is 4.77. The van der Waals surface area contributed by atoms with Gasteiger partial charge in [0.05, 0.1) is 0 Å². The molecule has 1 aromatic heterocycles. The van der Waals surface area contributed by atoms with Crippen molar-refractivity contribution in [3.05, 3.63) is 17.0 Å². The molecular weight excluding hydrogens is 304 g/mol. The van der Waals surface area contributed by atoms with Gasteiger partial charge in [-0.05, 0) is 30.4 Å². The minimum Gasteiger partial charge on any atom is -0.310 e. The van der Waals surface area contributed by atoms with Crippen molar-refractivity contribution in [3.63, 3.8) is 0 Å². The maximum Gasteiger partial charge on any atom is 0.250 e. The molecule has 1 fully saturated rings. The summed E-state index contributed by atoms with van der Waals surface area (Å²) in [7, 11) is -3.36. The van der Waals surface area contributed by atoms with E-state index in [9.17, 15) is 8.42 Å². The summed E-state index contributed by atoms with van der Waals surface area (Å²) in [5, 5.41) is 3.30. The zero-order valence-electron chi connectivity index (χ0n) is 13.1. The molecule has 1 aromatic rings. The van der Waals surface area contributed by atoms with E-state index >= 15 is 0 Å². The molecule has 0 spiro atoms. The SMILES string of the molecule is CC(C)NCc1ccc(S(=O)(=O)NCC2(C)CCCC2)s1. The van der Waals surface area contributed by atoms with E-state index in [4.69, 9.17) is 0 Å². The highest BCUT2D eigenvalue weighted by molar-refractivity contribution is 7.91. The maximum atomic E-state index is 12.4. The van der Waals surface area contributed by atoms with E-state index in [-0.39, 0.29) is 5.41 Å². The molecule has 0 atom stereocenters. The fraction of sp³-hybridized carbons (Fsp3) is 0.733. The Labute approximate surface area is 132 Å². The summed E-state index contributed by atoms with van der Waals surface area (Å²) >= 11 is 1.35. The molecule has 0 saturated heterocycles. The van der Waals surface area contributed by atoms with Crippen LogP contribution in [0.15, 0.2) is 16.3 Å². The molecule has 4 nitrogen and oxygen atoms in total. The maximum absolute atomic E-state index is 12.4. The standard InChI is InChI=1S/C15H26N2O2S2/c1-12(2)16-10-13-6-7-14(20-13)21(18,19)17-11-15(3)8-4-5-9-15/h6-7,12,16-17H,4-5,8-11H2,1-3H3. The lowest BCUT2D eigenvalue weighted by molar-refractivity contribution is 0.336. The predicted octanol–water partition coefficient (Wildman–Crippen LogP) is 3.10. The van der Waals surface area contributed by atoms with Crippen LogP contribution in [0.5, 0.6) is 0 Å². The second kappa shape index (κ2) is 6.77. The van der Waals surface area contributed by atoms with Crippen LogP contribution < -0.4 is 10.0 Å². The van der Waals surface area contributed by atoms with Crippen LogP contribution in [0, 0.1) is 5.41 Å². The highest BCUT2D eigenvalue weighted by Gasteiger charge is 2.30. The highest BCUT2D eigenvalue weighted by Crippen LogP contribution is 2.37. The van der Waals surface area contributed by atoms with Gasteiger partial charge in [0.1, 0.15) is 4.21 Å². The Bertz CT molecular complexity index is 558. The molecule has 1 saturated carbocycles. The molecule has 0 aromatic carbocycles. The Morgan fingerprint density at radius 2 is 1.95 bits per heavy atom. The number of sulfonamides is 1. The lowest BCUT2D eigenvalue weighted by Crippen LogP contribution is -2.33. The molecular formula is C15H26N2O2S2. The molecule has 1 aliphatic rings. The van der Waals surface area contributed by atoms with Crippen molar-refractivity contribution in [2.45, 2.75) is 63.3 Å². The number of nitrogens with one attached hydrogen (secondary N) is 2. The van der Waals surface area contributed by atoms with E-state index in [2.05, 4.69) is 30.8 Å². The van der Waals surface area contributed by atoms with Gasteiger partial charge in [-0.2, -0.15) is 0 Å². The van der Waals surface area contributed by atoms with Crippen LogP contribution in [0.4, 0.5) is 0 Å². The van der Waals surface area contributed by atoms with Crippen molar-refractivity contribution in [3.8, 4) is 0 Å². The van der Waals surface area contributed by atoms with Crippen LogP contribution in [0.2, 0.25) is 0 Å². The molecule has 0 bridgehead atoms. The van der Waals surface area contributed by atoms with Crippen molar-refractivity contribution < 1.29 is 8.42 Å². The number of hydrogen-bond donors (Lipinski definition) is 2. The second-order valence-electron chi connectivity index (χ2n) is 6.60. The summed E-state index contributed by atoms with van der Waals surface area (Å²) in [6.45, 7) is 7.60. The van der Waals surface area contributed by atoms with Gasteiger partial charge in [-0.25, -0.2) is 13.1 Å². The Morgan fingerprint density at radius 3 is 2.57 bits per heavy atom. The van der Waals surface area contributed by atoms with Crippen molar-refractivity contribution >= 4 is 21.4 Å². The fourth-order valence-electron chi connectivity index (χ4n) is 2.65. The van der Waals surface area contributed by atoms with Crippen LogP contribution in [0.3, 0.4) is 0 Å². The van der Waals surface area contributed by atoms with Crippen molar-refractivity contribution in [1.29, 1.82) is 0 Å². The first-order valence-corrected chi connectivity index (χ1v) is 9.92. The number of thiophene rings is 1. The van der Waals surface area contributed by atoms with Gasteiger partial charge in [-0.15, -0.1) is 11.3 Å². The quantitative estimate of drug-likeness (QED) is 0.807. The lowest BCUT2D eigenvalue weighted by Gasteiger charge is -2.23. The van der Waals surface area contributed by atoms with E-state index in [1.165, 1.54) is 24.2 Å². The van der Waals surface area contributed by atoms with Crippen molar-refractivity contribution in [1.82, 2.24) is 10.0 Å². The summed E-state index contributed by atoms with van der Waals surface area (Å²) in [4.78, 5) is 1.05. The molecule has 120 valence electrons. The van der Waals surface area contributed by atoms with Gasteiger partial charge in [-0.1, -0.05) is 33.6 Å². The first-order chi connectivity index (χ1) is 9.81. The first-order valence-electron chi connectivity index (χ1n) is 7.63. The Kier molecular flexibility index (Phi) is 5.46. The second-order valence-corrected chi connectivity index (χ2v) is 9.76. The molecule has 0 aliphatic heterocycles. The van der Waals surface area contributed by atoms with Gasteiger partial charge in [0.15, 0.2) is 0 Å². The Balaban J connectivity index is 1.96. The lowest BCUT2D eigenvalue weighted by atomic mass is 9.89. The van der Waals surface area contributed by atoms with Gasteiger partial charge in [0, 0.05) is 24.0 Å². The van der Waals surface area contributed by atoms with Crippen LogP contribution >= 0.6 is 11.3 Å². The molecule has 21 heavy (non-hydrogen) atoms. The van der Waals surface area contributed by atoms with E-state index in [0.717, 1.165) is 24.3 Å². The Morgan fingerprint density at radius 1 is 1.29 bits per heavy atom. The van der Waals surface area contributed by atoms with Gasteiger partial charge >= 0.3 is 0 Å². The molecule has 2 rings (SSSR count). The summed E-state index contributed by atoms with van der Waals surface area (Å²) in [5.41, 5.74) is 0.131. The van der Waals surface area contributed by atoms with Crippen molar-refractivity contribution in [2.24, 2.45) is 5.41 Å². The van der Waals surface area contributed by atoms with E-state index < -0.39 is 10.0 Å². The zero-order valence-corrected chi connectivity index (χ0v) is 14.7. The summed E-state index contributed by atoms with van der Waals surface area (Å²) in [6, 6.07) is 4.00. The normalized spacial score (nSPS) is 18.5. The summed E-state index contributed by atoms with van der Waals surface area (Å²) in [6.07, 6.45) is 4.65. The summed E-state index contributed by atoms with van der Waals surface area (Å²) in [5.74, 6) is 0.